The average molecular weight is 249 g/mol. The Labute approximate surface area is 109 Å². The summed E-state index contributed by atoms with van der Waals surface area (Å²) in [6.45, 7) is 11.0. The molecular formula is C14H23N3O. The maximum atomic E-state index is 5.79. The van der Waals surface area contributed by atoms with Crippen LogP contribution in [0.1, 0.15) is 49.7 Å². The smallest absolute Gasteiger partial charge is 0.157 e. The second-order valence-corrected chi connectivity index (χ2v) is 5.14. The minimum absolute atomic E-state index is 0.000858. The molecule has 100 valence electrons. The number of hydrogen-bond acceptors (Lipinski definition) is 4. The molecule has 1 aromatic rings. The Kier molecular flexibility index (Phi) is 4.30. The Balaban J connectivity index is 2.35. The van der Waals surface area contributed by atoms with Gasteiger partial charge in [-0.2, -0.15) is 0 Å². The maximum absolute atomic E-state index is 5.79. The molecule has 4 heteroatoms. The number of nitrogens with one attached hydrogen (secondary N) is 1. The van der Waals surface area contributed by atoms with E-state index in [1.54, 1.807) is 0 Å². The van der Waals surface area contributed by atoms with E-state index in [9.17, 15) is 0 Å². The van der Waals surface area contributed by atoms with Gasteiger partial charge in [-0.1, -0.05) is 13.8 Å². The molecule has 1 atom stereocenters. The number of rotatable bonds is 4. The first-order valence-electron chi connectivity index (χ1n) is 6.82. The summed E-state index contributed by atoms with van der Waals surface area (Å²) in [6.07, 6.45) is 1.03. The van der Waals surface area contributed by atoms with E-state index in [0.29, 0.717) is 12.5 Å². The van der Waals surface area contributed by atoms with Crippen LogP contribution in [-0.2, 0) is 17.7 Å². The molecule has 18 heavy (non-hydrogen) atoms. The summed E-state index contributed by atoms with van der Waals surface area (Å²) >= 11 is 0. The van der Waals surface area contributed by atoms with Crippen molar-refractivity contribution >= 4 is 0 Å². The molecule has 0 aromatic carbocycles. The fraction of sp³-hybridized carbons (Fsp3) is 0.714. The molecule has 4 nitrogen and oxygen atoms in total. The largest absolute Gasteiger partial charge is 0.370 e. The summed E-state index contributed by atoms with van der Waals surface area (Å²) in [7, 11) is 0. The van der Waals surface area contributed by atoms with E-state index >= 15 is 0 Å². The SMILES string of the molecule is CCOC(c1nc(C)c2c(n1)CNCC2)C(C)C. The third-order valence-corrected chi connectivity index (χ3v) is 3.37. The lowest BCUT2D eigenvalue weighted by Crippen LogP contribution is -2.27. The van der Waals surface area contributed by atoms with Crippen LogP contribution in [-0.4, -0.2) is 23.1 Å². The summed E-state index contributed by atoms with van der Waals surface area (Å²) in [6, 6.07) is 0. The number of aryl methyl sites for hydroxylation is 1. The van der Waals surface area contributed by atoms with Gasteiger partial charge in [-0.05, 0) is 38.3 Å². The standard InChI is InChI=1S/C14H23N3O/c1-5-18-13(9(2)3)14-16-10(4)11-6-7-15-8-12(11)17-14/h9,13,15H,5-8H2,1-4H3. The van der Waals surface area contributed by atoms with Crippen LogP contribution in [0, 0.1) is 12.8 Å². The van der Waals surface area contributed by atoms with E-state index in [1.165, 1.54) is 5.56 Å². The first kappa shape index (κ1) is 13.4. The summed E-state index contributed by atoms with van der Waals surface area (Å²) in [5.74, 6) is 1.23. The molecule has 0 fully saturated rings. The van der Waals surface area contributed by atoms with Gasteiger partial charge in [-0.15, -0.1) is 0 Å². The molecule has 1 aliphatic rings. The average Bonchev–Trinajstić information content (AvgIpc) is 2.35. The number of ether oxygens (including phenoxy) is 1. The molecule has 0 radical (unpaired) electrons. The summed E-state index contributed by atoms with van der Waals surface area (Å²) in [5.41, 5.74) is 3.58. The van der Waals surface area contributed by atoms with Crippen molar-refractivity contribution in [2.45, 2.75) is 46.8 Å². The Morgan fingerprint density at radius 2 is 2.11 bits per heavy atom. The van der Waals surface area contributed by atoms with Crippen LogP contribution in [0.5, 0.6) is 0 Å². The van der Waals surface area contributed by atoms with Crippen molar-refractivity contribution < 1.29 is 4.74 Å². The van der Waals surface area contributed by atoms with Crippen LogP contribution in [0.4, 0.5) is 0 Å². The monoisotopic (exact) mass is 249 g/mol. The van der Waals surface area contributed by atoms with Gasteiger partial charge in [0.05, 0.1) is 5.69 Å². The van der Waals surface area contributed by atoms with Crippen molar-refractivity contribution in [3.63, 3.8) is 0 Å². The Bertz CT molecular complexity index is 418. The Morgan fingerprint density at radius 3 is 2.78 bits per heavy atom. The Morgan fingerprint density at radius 1 is 1.33 bits per heavy atom. The number of fused-ring (bicyclic) bond motifs is 1. The lowest BCUT2D eigenvalue weighted by molar-refractivity contribution is 0.0228. The van der Waals surface area contributed by atoms with Crippen LogP contribution in [0.3, 0.4) is 0 Å². The highest BCUT2D eigenvalue weighted by Gasteiger charge is 2.22. The number of hydrogen-bond donors (Lipinski definition) is 1. The van der Waals surface area contributed by atoms with Crippen molar-refractivity contribution in [3.8, 4) is 0 Å². The highest BCUT2D eigenvalue weighted by molar-refractivity contribution is 5.28. The zero-order valence-electron chi connectivity index (χ0n) is 11.8. The van der Waals surface area contributed by atoms with Crippen LogP contribution < -0.4 is 5.32 Å². The van der Waals surface area contributed by atoms with E-state index in [1.807, 2.05) is 6.92 Å². The van der Waals surface area contributed by atoms with Crippen LogP contribution in [0.25, 0.3) is 0 Å². The minimum atomic E-state index is 0.000858. The van der Waals surface area contributed by atoms with E-state index in [-0.39, 0.29) is 6.10 Å². The van der Waals surface area contributed by atoms with Gasteiger partial charge in [0.1, 0.15) is 6.10 Å². The third-order valence-electron chi connectivity index (χ3n) is 3.37. The van der Waals surface area contributed by atoms with Crippen molar-refractivity contribution in [2.24, 2.45) is 5.92 Å². The summed E-state index contributed by atoms with van der Waals surface area (Å²) < 4.78 is 5.79. The molecule has 0 spiro atoms. The highest BCUT2D eigenvalue weighted by Crippen LogP contribution is 2.25. The molecule has 2 heterocycles. The topological polar surface area (TPSA) is 47.0 Å². The molecule has 1 aliphatic heterocycles. The normalized spacial score (nSPS) is 16.7. The van der Waals surface area contributed by atoms with E-state index in [0.717, 1.165) is 36.7 Å². The number of aromatic nitrogens is 2. The molecule has 2 rings (SSSR count). The fourth-order valence-electron chi connectivity index (χ4n) is 2.44. The van der Waals surface area contributed by atoms with Gasteiger partial charge in [0.15, 0.2) is 5.82 Å². The zero-order valence-corrected chi connectivity index (χ0v) is 11.8. The van der Waals surface area contributed by atoms with Crippen molar-refractivity contribution in [3.05, 3.63) is 22.8 Å². The molecule has 1 aromatic heterocycles. The third kappa shape index (κ3) is 2.70. The van der Waals surface area contributed by atoms with Gasteiger partial charge < -0.3 is 10.1 Å². The van der Waals surface area contributed by atoms with Crippen molar-refractivity contribution in [1.82, 2.24) is 15.3 Å². The van der Waals surface area contributed by atoms with Gasteiger partial charge in [-0.25, -0.2) is 9.97 Å². The van der Waals surface area contributed by atoms with Crippen LogP contribution in [0.15, 0.2) is 0 Å². The lowest BCUT2D eigenvalue weighted by atomic mass is 10.0. The number of nitrogens with zero attached hydrogens (tertiary/aromatic N) is 2. The molecule has 1 N–H and O–H groups in total. The van der Waals surface area contributed by atoms with Crippen molar-refractivity contribution in [2.75, 3.05) is 13.2 Å². The Hall–Kier alpha value is -1.00. The minimum Gasteiger partial charge on any atom is -0.370 e. The molecule has 0 aliphatic carbocycles. The molecule has 0 amide bonds. The predicted molar refractivity (Wildman–Crippen MR) is 71.4 cm³/mol. The van der Waals surface area contributed by atoms with E-state index in [2.05, 4.69) is 31.1 Å². The molecule has 1 unspecified atom stereocenters. The molecular weight excluding hydrogens is 226 g/mol. The lowest BCUT2D eigenvalue weighted by Gasteiger charge is -2.23. The fourth-order valence-corrected chi connectivity index (χ4v) is 2.44. The first-order chi connectivity index (χ1) is 8.63. The van der Waals surface area contributed by atoms with E-state index in [4.69, 9.17) is 9.72 Å². The summed E-state index contributed by atoms with van der Waals surface area (Å²) in [5, 5.41) is 3.36. The van der Waals surface area contributed by atoms with Gasteiger partial charge in [0, 0.05) is 18.8 Å². The second-order valence-electron chi connectivity index (χ2n) is 5.14. The molecule has 0 saturated heterocycles. The quantitative estimate of drug-likeness (QED) is 0.888. The highest BCUT2D eigenvalue weighted by atomic mass is 16.5. The van der Waals surface area contributed by atoms with Gasteiger partial charge in [0.2, 0.25) is 0 Å². The zero-order chi connectivity index (χ0) is 13.1. The van der Waals surface area contributed by atoms with Gasteiger partial charge >= 0.3 is 0 Å². The van der Waals surface area contributed by atoms with Gasteiger partial charge in [0.25, 0.3) is 0 Å². The first-order valence-corrected chi connectivity index (χ1v) is 6.82. The molecule has 0 saturated carbocycles. The molecule has 0 bridgehead atoms. The van der Waals surface area contributed by atoms with E-state index < -0.39 is 0 Å². The van der Waals surface area contributed by atoms with Gasteiger partial charge in [-0.3, -0.25) is 0 Å². The maximum Gasteiger partial charge on any atom is 0.157 e. The van der Waals surface area contributed by atoms with Crippen molar-refractivity contribution in [1.29, 1.82) is 0 Å². The van der Waals surface area contributed by atoms with Crippen LogP contribution >= 0.6 is 0 Å². The van der Waals surface area contributed by atoms with Crippen LogP contribution in [0.2, 0.25) is 0 Å². The second kappa shape index (κ2) is 5.76. The summed E-state index contributed by atoms with van der Waals surface area (Å²) in [4.78, 5) is 9.38. The predicted octanol–water partition coefficient (Wildman–Crippen LogP) is 2.16.